The molecular formula is C11H12ClN5. The molecule has 0 amide bonds. The molecule has 0 N–H and O–H groups in total. The smallest absolute Gasteiger partial charge is 0.225 e. The van der Waals surface area contributed by atoms with Gasteiger partial charge >= 0.3 is 0 Å². The summed E-state index contributed by atoms with van der Waals surface area (Å²) in [6, 6.07) is 0. The lowest BCUT2D eigenvalue weighted by molar-refractivity contribution is 0.551. The minimum absolute atomic E-state index is 0.449. The number of imidazole rings is 1. The Bertz CT molecular complexity index is 507. The summed E-state index contributed by atoms with van der Waals surface area (Å²) in [6.45, 7) is 2.59. The van der Waals surface area contributed by atoms with Crippen molar-refractivity contribution in [1.29, 1.82) is 0 Å². The Kier molecular flexibility index (Phi) is 2.68. The van der Waals surface area contributed by atoms with Gasteiger partial charge in [-0.1, -0.05) is 0 Å². The Morgan fingerprint density at radius 3 is 2.76 bits per heavy atom. The van der Waals surface area contributed by atoms with E-state index in [9.17, 15) is 0 Å². The second-order valence-corrected chi connectivity index (χ2v) is 4.25. The van der Waals surface area contributed by atoms with Crippen LogP contribution in [0.5, 0.6) is 0 Å². The van der Waals surface area contributed by atoms with Crippen molar-refractivity contribution in [1.82, 2.24) is 19.5 Å². The van der Waals surface area contributed by atoms with E-state index in [-0.39, 0.29) is 0 Å². The van der Waals surface area contributed by atoms with Crippen LogP contribution in [0.15, 0.2) is 24.8 Å². The van der Waals surface area contributed by atoms with Gasteiger partial charge in [-0.15, -0.1) is 11.6 Å². The van der Waals surface area contributed by atoms with Gasteiger partial charge in [-0.2, -0.15) is 0 Å². The summed E-state index contributed by atoms with van der Waals surface area (Å²) in [5, 5.41) is 0. The lowest BCUT2D eigenvalue weighted by Crippen LogP contribution is -2.34. The average Bonchev–Trinajstić information content (AvgIpc) is 2.86. The van der Waals surface area contributed by atoms with Gasteiger partial charge in [-0.25, -0.2) is 15.0 Å². The highest BCUT2D eigenvalue weighted by atomic mass is 35.5. The molecule has 2 aromatic heterocycles. The fraction of sp³-hybridized carbons (Fsp3) is 0.364. The topological polar surface area (TPSA) is 46.8 Å². The molecule has 0 unspecified atom stereocenters. The third-order valence-corrected chi connectivity index (χ3v) is 3.18. The fourth-order valence-corrected chi connectivity index (χ4v) is 2.06. The second-order valence-electron chi connectivity index (χ2n) is 3.98. The highest BCUT2D eigenvalue weighted by Gasteiger charge is 2.18. The summed E-state index contributed by atoms with van der Waals surface area (Å²) < 4.78 is 2.16. The Balaban J connectivity index is 1.81. The van der Waals surface area contributed by atoms with Gasteiger partial charge in [0, 0.05) is 43.4 Å². The van der Waals surface area contributed by atoms with Crippen molar-refractivity contribution in [3.05, 3.63) is 36.2 Å². The minimum atomic E-state index is 0.449. The molecule has 3 heterocycles. The molecule has 0 atom stereocenters. The van der Waals surface area contributed by atoms with Gasteiger partial charge in [0.2, 0.25) is 5.95 Å². The summed E-state index contributed by atoms with van der Waals surface area (Å²) in [5.41, 5.74) is 0.939. The number of anilines is 1. The third kappa shape index (κ3) is 1.98. The molecule has 6 heteroatoms. The number of nitrogens with zero attached hydrogens (tertiary/aromatic N) is 5. The maximum Gasteiger partial charge on any atom is 0.225 e. The maximum atomic E-state index is 5.71. The molecule has 0 radical (unpaired) electrons. The van der Waals surface area contributed by atoms with Gasteiger partial charge in [-0.05, 0) is 0 Å². The van der Waals surface area contributed by atoms with Gasteiger partial charge in [0.05, 0.1) is 12.4 Å². The number of fused-ring (bicyclic) bond motifs is 1. The van der Waals surface area contributed by atoms with Crippen molar-refractivity contribution in [2.75, 3.05) is 11.4 Å². The predicted molar refractivity (Wildman–Crippen MR) is 64.9 cm³/mol. The molecule has 1 aliphatic heterocycles. The molecule has 2 aromatic rings. The zero-order valence-corrected chi connectivity index (χ0v) is 10.0. The first-order valence-corrected chi connectivity index (χ1v) is 6.02. The Hall–Kier alpha value is -1.62. The second kappa shape index (κ2) is 4.33. The van der Waals surface area contributed by atoms with Crippen LogP contribution in [0, 0.1) is 0 Å². The van der Waals surface area contributed by atoms with Gasteiger partial charge in [0.15, 0.2) is 0 Å². The monoisotopic (exact) mass is 249 g/mol. The zero-order chi connectivity index (χ0) is 11.7. The summed E-state index contributed by atoms with van der Waals surface area (Å²) in [5.74, 6) is 2.25. The summed E-state index contributed by atoms with van der Waals surface area (Å²) in [6.07, 6.45) is 7.38. The normalized spacial score (nSPS) is 14.8. The number of alkyl halides is 1. The van der Waals surface area contributed by atoms with Crippen molar-refractivity contribution in [3.63, 3.8) is 0 Å². The molecule has 17 heavy (non-hydrogen) atoms. The molecule has 0 aromatic carbocycles. The first-order chi connectivity index (χ1) is 8.36. The van der Waals surface area contributed by atoms with Crippen molar-refractivity contribution in [3.8, 4) is 0 Å². The van der Waals surface area contributed by atoms with Crippen LogP contribution < -0.4 is 4.90 Å². The molecule has 0 aliphatic carbocycles. The number of rotatable bonds is 2. The lowest BCUT2D eigenvalue weighted by atomic mass is 10.3. The highest BCUT2D eigenvalue weighted by molar-refractivity contribution is 6.17. The Morgan fingerprint density at radius 1 is 1.18 bits per heavy atom. The van der Waals surface area contributed by atoms with E-state index < -0.39 is 0 Å². The van der Waals surface area contributed by atoms with Crippen molar-refractivity contribution in [2.45, 2.75) is 19.0 Å². The molecule has 0 fully saturated rings. The highest BCUT2D eigenvalue weighted by Crippen LogP contribution is 2.16. The molecule has 0 spiro atoms. The molecular weight excluding hydrogens is 238 g/mol. The quantitative estimate of drug-likeness (QED) is 0.756. The molecule has 3 rings (SSSR count). The predicted octanol–water partition coefficient (Wildman–Crippen LogP) is 1.43. The van der Waals surface area contributed by atoms with E-state index in [2.05, 4.69) is 24.4 Å². The first kappa shape index (κ1) is 10.5. The number of hydrogen-bond donors (Lipinski definition) is 0. The van der Waals surface area contributed by atoms with E-state index >= 15 is 0 Å². The molecule has 5 nitrogen and oxygen atoms in total. The molecule has 88 valence electrons. The number of halogens is 1. The van der Waals surface area contributed by atoms with Crippen LogP contribution in [0.2, 0.25) is 0 Å². The van der Waals surface area contributed by atoms with Crippen LogP contribution in [0.25, 0.3) is 0 Å². The van der Waals surface area contributed by atoms with Crippen LogP contribution in [-0.2, 0) is 19.0 Å². The van der Waals surface area contributed by atoms with Crippen LogP contribution in [0.1, 0.15) is 11.4 Å². The molecule has 0 saturated carbocycles. The Morgan fingerprint density at radius 2 is 2.00 bits per heavy atom. The number of aromatic nitrogens is 4. The van der Waals surface area contributed by atoms with Gasteiger partial charge in [0.1, 0.15) is 5.82 Å². The van der Waals surface area contributed by atoms with Crippen molar-refractivity contribution >= 4 is 17.5 Å². The lowest BCUT2D eigenvalue weighted by Gasteiger charge is -2.27. The van der Waals surface area contributed by atoms with Gasteiger partial charge in [-0.3, -0.25) is 0 Å². The molecule has 1 aliphatic rings. The van der Waals surface area contributed by atoms with Gasteiger partial charge in [0.25, 0.3) is 0 Å². The summed E-state index contributed by atoms with van der Waals surface area (Å²) in [7, 11) is 0. The van der Waals surface area contributed by atoms with E-state index in [1.54, 1.807) is 12.4 Å². The van der Waals surface area contributed by atoms with E-state index in [0.717, 1.165) is 37.0 Å². The fourth-order valence-electron chi connectivity index (χ4n) is 1.92. The van der Waals surface area contributed by atoms with Gasteiger partial charge < -0.3 is 9.47 Å². The van der Waals surface area contributed by atoms with Crippen LogP contribution in [0.3, 0.4) is 0 Å². The van der Waals surface area contributed by atoms with Crippen LogP contribution in [0.4, 0.5) is 5.95 Å². The number of hydrogen-bond acceptors (Lipinski definition) is 4. The Labute approximate surface area is 104 Å². The average molecular weight is 250 g/mol. The minimum Gasteiger partial charge on any atom is -0.332 e. The summed E-state index contributed by atoms with van der Waals surface area (Å²) >= 11 is 5.71. The maximum absolute atomic E-state index is 5.71. The third-order valence-electron chi connectivity index (χ3n) is 2.87. The first-order valence-electron chi connectivity index (χ1n) is 5.48. The van der Waals surface area contributed by atoms with Crippen LogP contribution >= 0.6 is 11.6 Å². The van der Waals surface area contributed by atoms with Crippen molar-refractivity contribution in [2.24, 2.45) is 0 Å². The van der Waals surface area contributed by atoms with Crippen LogP contribution in [-0.4, -0.2) is 26.1 Å². The van der Waals surface area contributed by atoms with E-state index in [1.165, 1.54) is 0 Å². The standard InChI is InChI=1S/C11H12ClN5/c12-5-9-6-14-11(15-7-9)17-4-3-16-2-1-13-10(16)8-17/h1-2,6-7H,3-5,8H2. The van der Waals surface area contributed by atoms with E-state index in [0.29, 0.717) is 5.88 Å². The largest absolute Gasteiger partial charge is 0.332 e. The zero-order valence-electron chi connectivity index (χ0n) is 9.25. The van der Waals surface area contributed by atoms with Crippen molar-refractivity contribution < 1.29 is 0 Å². The summed E-state index contributed by atoms with van der Waals surface area (Å²) in [4.78, 5) is 15.1. The van der Waals surface area contributed by atoms with E-state index in [1.807, 2.05) is 12.4 Å². The molecule has 0 saturated heterocycles. The molecule has 0 bridgehead atoms. The SMILES string of the molecule is ClCc1cnc(N2CCn3ccnc3C2)nc1. The van der Waals surface area contributed by atoms with E-state index in [4.69, 9.17) is 11.6 Å².